The second-order valence-corrected chi connectivity index (χ2v) is 8.45. The van der Waals surface area contributed by atoms with Crippen LogP contribution < -0.4 is 5.56 Å². The quantitative estimate of drug-likeness (QED) is 0.822. The van der Waals surface area contributed by atoms with Crippen LogP contribution in [0, 0.1) is 12.3 Å². The van der Waals surface area contributed by atoms with Crippen molar-refractivity contribution in [2.75, 3.05) is 26.2 Å². The molecule has 0 aliphatic carbocycles. The van der Waals surface area contributed by atoms with Gasteiger partial charge < -0.3 is 14.8 Å². The van der Waals surface area contributed by atoms with Crippen LogP contribution >= 0.6 is 0 Å². The van der Waals surface area contributed by atoms with E-state index in [0.29, 0.717) is 25.3 Å². The van der Waals surface area contributed by atoms with E-state index in [0.717, 1.165) is 38.8 Å². The van der Waals surface area contributed by atoms with Crippen LogP contribution in [0.5, 0.6) is 0 Å². The van der Waals surface area contributed by atoms with E-state index in [-0.39, 0.29) is 17.4 Å². The second-order valence-electron chi connectivity index (χ2n) is 8.45. The molecule has 1 atom stereocenters. The van der Waals surface area contributed by atoms with Crippen LogP contribution in [-0.4, -0.2) is 57.8 Å². The van der Waals surface area contributed by atoms with E-state index in [9.17, 15) is 14.4 Å². The Morgan fingerprint density at radius 3 is 2.73 bits per heavy atom. The summed E-state index contributed by atoms with van der Waals surface area (Å²) in [4.78, 5) is 48.6. The number of H-pyrrole nitrogens is 1. The van der Waals surface area contributed by atoms with E-state index < -0.39 is 11.0 Å². The highest BCUT2D eigenvalue weighted by atomic mass is 16.2. The molecule has 2 aliphatic rings. The van der Waals surface area contributed by atoms with Gasteiger partial charge in [0.25, 0.3) is 11.5 Å². The monoisotopic (exact) mass is 408 g/mol. The lowest BCUT2D eigenvalue weighted by Gasteiger charge is -2.39. The number of likely N-dealkylation sites (tertiary alicyclic amines) is 2. The van der Waals surface area contributed by atoms with Crippen molar-refractivity contribution in [3.05, 3.63) is 63.8 Å². The predicted molar refractivity (Wildman–Crippen MR) is 113 cm³/mol. The van der Waals surface area contributed by atoms with Crippen LogP contribution in [0.2, 0.25) is 0 Å². The third-order valence-corrected chi connectivity index (χ3v) is 6.36. The Hall–Kier alpha value is -2.96. The van der Waals surface area contributed by atoms with Gasteiger partial charge in [-0.3, -0.25) is 14.4 Å². The molecule has 0 bridgehead atoms. The average Bonchev–Trinajstić information content (AvgIpc) is 3.17. The molecule has 1 spiro atoms. The molecule has 4 rings (SSSR count). The van der Waals surface area contributed by atoms with Gasteiger partial charge >= 0.3 is 0 Å². The molecule has 7 heteroatoms. The summed E-state index contributed by atoms with van der Waals surface area (Å²) in [5, 5.41) is 0. The van der Waals surface area contributed by atoms with Crippen molar-refractivity contribution in [2.45, 2.75) is 39.0 Å². The van der Waals surface area contributed by atoms with Gasteiger partial charge in [0.1, 0.15) is 11.4 Å². The Bertz CT molecular complexity index is 987. The first-order valence-corrected chi connectivity index (χ1v) is 10.7. The lowest BCUT2D eigenvalue weighted by Crippen LogP contribution is -2.50. The molecule has 7 nitrogen and oxygen atoms in total. The van der Waals surface area contributed by atoms with E-state index in [4.69, 9.17) is 0 Å². The SMILES string of the molecule is Cc1ncc(C(=O)N2CCC3(CCCN(CCCc4ccccc4)C3=O)C2)c(=O)[nH]1. The Kier molecular flexibility index (Phi) is 5.70. The van der Waals surface area contributed by atoms with E-state index in [1.807, 2.05) is 23.1 Å². The number of hydrogen-bond acceptors (Lipinski definition) is 4. The van der Waals surface area contributed by atoms with Gasteiger partial charge in [-0.15, -0.1) is 0 Å². The zero-order valence-corrected chi connectivity index (χ0v) is 17.4. The molecule has 1 aromatic heterocycles. The van der Waals surface area contributed by atoms with E-state index >= 15 is 0 Å². The number of piperidine rings is 1. The number of benzene rings is 1. The van der Waals surface area contributed by atoms with Crippen molar-refractivity contribution in [1.29, 1.82) is 0 Å². The molecule has 2 saturated heterocycles. The first-order valence-electron chi connectivity index (χ1n) is 10.7. The molecule has 2 aliphatic heterocycles. The van der Waals surface area contributed by atoms with Gasteiger partial charge in [0.05, 0.1) is 5.41 Å². The third kappa shape index (κ3) is 4.01. The summed E-state index contributed by atoms with van der Waals surface area (Å²) < 4.78 is 0. The molecule has 30 heavy (non-hydrogen) atoms. The third-order valence-electron chi connectivity index (χ3n) is 6.36. The number of aromatic amines is 1. The molecule has 1 aromatic carbocycles. The zero-order chi connectivity index (χ0) is 21.1. The molecule has 2 fully saturated rings. The number of aryl methyl sites for hydroxylation is 2. The second kappa shape index (κ2) is 8.42. The predicted octanol–water partition coefficient (Wildman–Crippen LogP) is 2.17. The van der Waals surface area contributed by atoms with Crippen LogP contribution in [0.4, 0.5) is 0 Å². The Labute approximate surface area is 176 Å². The first kappa shape index (κ1) is 20.3. The maximum Gasteiger partial charge on any atom is 0.263 e. The lowest BCUT2D eigenvalue weighted by molar-refractivity contribution is -0.145. The van der Waals surface area contributed by atoms with Gasteiger partial charge in [-0.2, -0.15) is 0 Å². The van der Waals surface area contributed by atoms with Crippen LogP contribution in [0.15, 0.2) is 41.3 Å². The molecule has 1 N–H and O–H groups in total. The zero-order valence-electron chi connectivity index (χ0n) is 17.4. The van der Waals surface area contributed by atoms with E-state index in [1.54, 1.807) is 11.8 Å². The maximum absolute atomic E-state index is 13.3. The summed E-state index contributed by atoms with van der Waals surface area (Å²) in [6.45, 7) is 4.08. The summed E-state index contributed by atoms with van der Waals surface area (Å²) in [6.07, 6.45) is 5.62. The minimum absolute atomic E-state index is 0.0422. The number of hydrogen-bond donors (Lipinski definition) is 1. The fourth-order valence-electron chi connectivity index (χ4n) is 4.72. The molecule has 158 valence electrons. The molecule has 0 saturated carbocycles. The highest BCUT2D eigenvalue weighted by Gasteiger charge is 2.49. The van der Waals surface area contributed by atoms with Gasteiger partial charge in [0, 0.05) is 32.4 Å². The minimum atomic E-state index is -0.508. The minimum Gasteiger partial charge on any atom is -0.342 e. The molecule has 3 heterocycles. The lowest BCUT2D eigenvalue weighted by atomic mass is 9.78. The fraction of sp³-hybridized carbons (Fsp3) is 0.478. The van der Waals surface area contributed by atoms with Gasteiger partial charge in [-0.1, -0.05) is 30.3 Å². The number of nitrogens with one attached hydrogen (secondary N) is 1. The van der Waals surface area contributed by atoms with Gasteiger partial charge in [0.2, 0.25) is 5.91 Å². The number of amides is 2. The molecular formula is C23H28N4O3. The summed E-state index contributed by atoms with van der Waals surface area (Å²) in [5.74, 6) is 0.297. The van der Waals surface area contributed by atoms with Gasteiger partial charge in [-0.25, -0.2) is 4.98 Å². The van der Waals surface area contributed by atoms with Crippen molar-refractivity contribution in [1.82, 2.24) is 19.8 Å². The fourth-order valence-corrected chi connectivity index (χ4v) is 4.72. The standard InChI is InChI=1S/C23H28N4O3/c1-17-24-15-19(20(28)25-17)21(29)27-14-11-23(16-27)10-6-13-26(22(23)30)12-5-9-18-7-3-2-4-8-18/h2-4,7-8,15H,5-6,9-14,16H2,1H3,(H,24,25,28). The molecular weight excluding hydrogens is 380 g/mol. The Morgan fingerprint density at radius 2 is 1.97 bits per heavy atom. The summed E-state index contributed by atoms with van der Waals surface area (Å²) in [6, 6.07) is 10.3. The van der Waals surface area contributed by atoms with Crippen LogP contribution in [0.3, 0.4) is 0 Å². The highest BCUT2D eigenvalue weighted by Crippen LogP contribution is 2.40. The first-order chi connectivity index (χ1) is 14.5. The van der Waals surface area contributed by atoms with Crippen molar-refractivity contribution < 1.29 is 9.59 Å². The van der Waals surface area contributed by atoms with Gasteiger partial charge in [0.15, 0.2) is 0 Å². The van der Waals surface area contributed by atoms with Crippen molar-refractivity contribution in [3.8, 4) is 0 Å². The van der Waals surface area contributed by atoms with Crippen LogP contribution in [0.25, 0.3) is 0 Å². The maximum atomic E-state index is 13.3. The molecule has 2 aromatic rings. The van der Waals surface area contributed by atoms with E-state index in [1.165, 1.54) is 11.8 Å². The number of aromatic nitrogens is 2. The smallest absolute Gasteiger partial charge is 0.263 e. The largest absolute Gasteiger partial charge is 0.342 e. The summed E-state index contributed by atoms with van der Waals surface area (Å²) in [7, 11) is 0. The topological polar surface area (TPSA) is 86.4 Å². The molecule has 2 amide bonds. The molecule has 1 unspecified atom stereocenters. The number of carbonyl (C=O) groups is 2. The highest BCUT2D eigenvalue weighted by molar-refractivity contribution is 5.95. The average molecular weight is 409 g/mol. The summed E-state index contributed by atoms with van der Waals surface area (Å²) >= 11 is 0. The van der Waals surface area contributed by atoms with Crippen LogP contribution in [0.1, 0.15) is 47.4 Å². The normalized spacial score (nSPS) is 21.4. The Morgan fingerprint density at radius 1 is 1.17 bits per heavy atom. The van der Waals surface area contributed by atoms with E-state index in [2.05, 4.69) is 22.1 Å². The number of rotatable bonds is 5. The van der Waals surface area contributed by atoms with Crippen molar-refractivity contribution >= 4 is 11.8 Å². The summed E-state index contributed by atoms with van der Waals surface area (Å²) in [5.41, 5.74) is 0.392. The van der Waals surface area contributed by atoms with Crippen LogP contribution in [-0.2, 0) is 11.2 Å². The number of carbonyl (C=O) groups excluding carboxylic acids is 2. The van der Waals surface area contributed by atoms with Crippen molar-refractivity contribution in [3.63, 3.8) is 0 Å². The molecule has 0 radical (unpaired) electrons. The van der Waals surface area contributed by atoms with Crippen molar-refractivity contribution in [2.24, 2.45) is 5.41 Å². The Balaban J connectivity index is 1.39. The number of nitrogens with zero attached hydrogens (tertiary/aromatic N) is 3. The van der Waals surface area contributed by atoms with Gasteiger partial charge in [-0.05, 0) is 44.6 Å².